The Bertz CT molecular complexity index is 1150. The number of hydrogen-bond acceptors (Lipinski definition) is 2. The van der Waals surface area contributed by atoms with Crippen molar-refractivity contribution < 1.29 is 4.79 Å². The minimum absolute atomic E-state index is 0.0835. The van der Waals surface area contributed by atoms with E-state index in [-0.39, 0.29) is 5.91 Å². The van der Waals surface area contributed by atoms with E-state index in [0.29, 0.717) is 19.0 Å². The minimum atomic E-state index is 0.0835. The summed E-state index contributed by atoms with van der Waals surface area (Å²) < 4.78 is 2.26. The van der Waals surface area contributed by atoms with Crippen molar-refractivity contribution >= 4 is 16.9 Å². The largest absolute Gasteiger partial charge is 0.327 e. The molecule has 1 unspecified atom stereocenters. The highest BCUT2D eigenvalue weighted by atomic mass is 16.2. The molecule has 0 fully saturated rings. The highest BCUT2D eigenvalue weighted by molar-refractivity contribution is 5.98. The van der Waals surface area contributed by atoms with Crippen LogP contribution in [0.5, 0.6) is 0 Å². The molecule has 1 atom stereocenters. The number of fused-ring (bicyclic) bond motifs is 1. The molecule has 1 aliphatic carbocycles. The van der Waals surface area contributed by atoms with E-state index in [0.717, 1.165) is 46.5 Å². The first kappa shape index (κ1) is 21.1. The highest BCUT2D eigenvalue weighted by Gasteiger charge is 2.27. The van der Waals surface area contributed by atoms with E-state index in [1.807, 2.05) is 35.2 Å². The van der Waals surface area contributed by atoms with Gasteiger partial charge in [-0.3, -0.25) is 4.79 Å². The van der Waals surface area contributed by atoms with Crippen molar-refractivity contribution in [3.8, 4) is 0 Å². The second-order valence-corrected chi connectivity index (χ2v) is 8.52. The molecule has 0 aliphatic heterocycles. The lowest BCUT2D eigenvalue weighted by atomic mass is 9.99. The number of aromatic nitrogens is 2. The maximum Gasteiger partial charge on any atom is 0.254 e. The average Bonchev–Trinajstić information content (AvgIpc) is 3.25. The molecular weight excluding hydrogens is 382 g/mol. The fourth-order valence-electron chi connectivity index (χ4n) is 4.34. The van der Waals surface area contributed by atoms with Crippen LogP contribution in [0.3, 0.4) is 0 Å². The SMILES string of the molecule is CCCn1c(CN(Cc2ccccc2)C(=O)C2=C(C)C(C)C(C)=C2)nc2ccccc21. The summed E-state index contributed by atoms with van der Waals surface area (Å²) in [5.41, 5.74) is 6.48. The molecular formula is C27H31N3O. The molecule has 0 saturated carbocycles. The molecule has 0 radical (unpaired) electrons. The third-order valence-corrected chi connectivity index (χ3v) is 6.38. The van der Waals surface area contributed by atoms with Crippen molar-refractivity contribution in [3.05, 3.63) is 88.8 Å². The zero-order chi connectivity index (χ0) is 22.0. The predicted molar refractivity (Wildman–Crippen MR) is 126 cm³/mol. The van der Waals surface area contributed by atoms with E-state index in [4.69, 9.17) is 4.98 Å². The van der Waals surface area contributed by atoms with E-state index < -0.39 is 0 Å². The zero-order valence-electron chi connectivity index (χ0n) is 18.9. The van der Waals surface area contributed by atoms with Gasteiger partial charge >= 0.3 is 0 Å². The van der Waals surface area contributed by atoms with Crippen molar-refractivity contribution in [2.24, 2.45) is 5.92 Å². The third kappa shape index (κ3) is 4.20. The number of aryl methyl sites for hydroxylation is 1. The van der Waals surface area contributed by atoms with Gasteiger partial charge in [0.1, 0.15) is 5.82 Å². The van der Waals surface area contributed by atoms with Gasteiger partial charge in [0.05, 0.1) is 17.6 Å². The molecule has 1 aliphatic rings. The molecule has 1 aromatic heterocycles. The van der Waals surface area contributed by atoms with Crippen LogP contribution in [0.15, 0.2) is 77.4 Å². The van der Waals surface area contributed by atoms with Gasteiger partial charge in [-0.1, -0.05) is 67.5 Å². The maximum absolute atomic E-state index is 13.7. The van der Waals surface area contributed by atoms with Gasteiger partial charge in [-0.2, -0.15) is 0 Å². The Morgan fingerprint density at radius 1 is 1.03 bits per heavy atom. The molecule has 31 heavy (non-hydrogen) atoms. The van der Waals surface area contributed by atoms with Crippen LogP contribution in [-0.2, 0) is 24.4 Å². The van der Waals surface area contributed by atoms with Crippen molar-refractivity contribution in [3.63, 3.8) is 0 Å². The molecule has 2 aromatic carbocycles. The molecule has 3 aromatic rings. The first-order valence-electron chi connectivity index (χ1n) is 11.2. The Morgan fingerprint density at radius 3 is 2.42 bits per heavy atom. The van der Waals surface area contributed by atoms with Crippen molar-refractivity contribution in [2.45, 2.75) is 53.8 Å². The van der Waals surface area contributed by atoms with E-state index in [1.54, 1.807) is 0 Å². The summed E-state index contributed by atoms with van der Waals surface area (Å²) in [4.78, 5) is 20.6. The molecule has 0 bridgehead atoms. The number of para-hydroxylation sites is 2. The number of amides is 1. The number of carbonyl (C=O) groups excluding carboxylic acids is 1. The van der Waals surface area contributed by atoms with Crippen LogP contribution in [0, 0.1) is 5.92 Å². The van der Waals surface area contributed by atoms with Gasteiger partial charge in [0, 0.05) is 18.7 Å². The highest BCUT2D eigenvalue weighted by Crippen LogP contribution is 2.32. The minimum Gasteiger partial charge on any atom is -0.327 e. The zero-order valence-corrected chi connectivity index (χ0v) is 18.9. The lowest BCUT2D eigenvalue weighted by molar-refractivity contribution is -0.128. The topological polar surface area (TPSA) is 38.1 Å². The van der Waals surface area contributed by atoms with Crippen LogP contribution in [0.1, 0.15) is 45.5 Å². The Hall–Kier alpha value is -3.14. The molecule has 0 saturated heterocycles. The Labute approximate surface area is 184 Å². The normalized spacial score (nSPS) is 16.1. The second-order valence-electron chi connectivity index (χ2n) is 8.52. The van der Waals surface area contributed by atoms with Crippen LogP contribution < -0.4 is 0 Å². The van der Waals surface area contributed by atoms with E-state index in [1.165, 1.54) is 5.57 Å². The first-order chi connectivity index (χ1) is 15.0. The van der Waals surface area contributed by atoms with Gasteiger partial charge in [0.15, 0.2) is 0 Å². The first-order valence-corrected chi connectivity index (χ1v) is 11.2. The summed E-state index contributed by atoms with van der Waals surface area (Å²) in [6.45, 7) is 10.5. The maximum atomic E-state index is 13.7. The van der Waals surface area contributed by atoms with Crippen LogP contribution in [0.4, 0.5) is 0 Å². The quantitative estimate of drug-likeness (QED) is 0.484. The molecule has 1 amide bonds. The Balaban J connectivity index is 1.73. The molecule has 160 valence electrons. The average molecular weight is 414 g/mol. The summed E-state index contributed by atoms with van der Waals surface area (Å²) >= 11 is 0. The monoisotopic (exact) mass is 413 g/mol. The summed E-state index contributed by atoms with van der Waals surface area (Å²) in [5.74, 6) is 1.35. The number of carbonyl (C=O) groups is 1. The number of hydrogen-bond donors (Lipinski definition) is 0. The molecule has 4 heteroatoms. The van der Waals surface area contributed by atoms with Crippen molar-refractivity contribution in [2.75, 3.05) is 0 Å². The number of nitrogens with zero attached hydrogens (tertiary/aromatic N) is 3. The van der Waals surface area contributed by atoms with Gasteiger partial charge in [0.25, 0.3) is 5.91 Å². The fourth-order valence-corrected chi connectivity index (χ4v) is 4.34. The predicted octanol–water partition coefficient (Wildman–Crippen LogP) is 5.89. The van der Waals surface area contributed by atoms with E-state index in [2.05, 4.69) is 62.6 Å². The molecule has 0 spiro atoms. The molecule has 4 rings (SSSR count). The van der Waals surface area contributed by atoms with Crippen LogP contribution in [0.25, 0.3) is 11.0 Å². The number of rotatable bonds is 7. The second kappa shape index (κ2) is 8.93. The summed E-state index contributed by atoms with van der Waals surface area (Å²) in [7, 11) is 0. The van der Waals surface area contributed by atoms with E-state index in [9.17, 15) is 4.79 Å². The molecule has 0 N–H and O–H groups in total. The Morgan fingerprint density at radius 2 is 1.74 bits per heavy atom. The summed E-state index contributed by atoms with van der Waals surface area (Å²) in [5, 5.41) is 0. The molecule has 4 nitrogen and oxygen atoms in total. The van der Waals surface area contributed by atoms with Crippen LogP contribution >= 0.6 is 0 Å². The lowest BCUT2D eigenvalue weighted by Gasteiger charge is -2.24. The summed E-state index contributed by atoms with van der Waals surface area (Å²) in [6.07, 6.45) is 3.08. The van der Waals surface area contributed by atoms with Crippen LogP contribution in [-0.4, -0.2) is 20.4 Å². The van der Waals surface area contributed by atoms with Crippen molar-refractivity contribution in [1.82, 2.24) is 14.5 Å². The van der Waals surface area contributed by atoms with Crippen molar-refractivity contribution in [1.29, 1.82) is 0 Å². The van der Waals surface area contributed by atoms with Gasteiger partial charge in [-0.25, -0.2) is 4.98 Å². The number of allylic oxidation sites excluding steroid dienone is 2. The number of benzene rings is 2. The number of imidazole rings is 1. The van der Waals surface area contributed by atoms with Gasteiger partial charge < -0.3 is 9.47 Å². The van der Waals surface area contributed by atoms with E-state index >= 15 is 0 Å². The van der Waals surface area contributed by atoms with Crippen LogP contribution in [0.2, 0.25) is 0 Å². The fraction of sp³-hybridized carbons (Fsp3) is 0.333. The van der Waals surface area contributed by atoms with Gasteiger partial charge in [-0.15, -0.1) is 0 Å². The van der Waals surface area contributed by atoms with Gasteiger partial charge in [-0.05, 0) is 50.0 Å². The van der Waals surface area contributed by atoms with Gasteiger partial charge in [0.2, 0.25) is 0 Å². The lowest BCUT2D eigenvalue weighted by Crippen LogP contribution is -2.32. The third-order valence-electron chi connectivity index (χ3n) is 6.38. The summed E-state index contributed by atoms with van der Waals surface area (Å²) in [6, 6.07) is 18.4. The standard InChI is InChI=1S/C27H31N3O/c1-5-15-30-25-14-10-9-13-24(25)28-26(30)18-29(17-22-11-7-6-8-12-22)27(31)23-16-19(2)20(3)21(23)4/h6-14,16,20H,5,15,17-18H2,1-4H3. The Kier molecular flexibility index (Phi) is 6.08. The molecule has 1 heterocycles. The smallest absolute Gasteiger partial charge is 0.254 e.